The Morgan fingerprint density at radius 1 is 0.857 bits per heavy atom. The summed E-state index contributed by atoms with van der Waals surface area (Å²) in [6, 6.07) is 6.88. The van der Waals surface area contributed by atoms with Crippen molar-refractivity contribution in [3.63, 3.8) is 0 Å². The van der Waals surface area contributed by atoms with Crippen LogP contribution in [0.2, 0.25) is 0 Å². The largest absolute Gasteiger partial charge is 0.203 e. The van der Waals surface area contributed by atoms with E-state index in [2.05, 4.69) is 17.1 Å². The molecular weight excluding hydrogens is 354 g/mol. The van der Waals surface area contributed by atoms with E-state index in [0.29, 0.717) is 23.6 Å². The summed E-state index contributed by atoms with van der Waals surface area (Å²) in [6.07, 6.45) is 11.3. The predicted octanol–water partition coefficient (Wildman–Crippen LogP) is 6.91. The second-order valence-electron chi connectivity index (χ2n) is 8.23. The van der Waals surface area contributed by atoms with E-state index in [1.807, 2.05) is 13.0 Å². The molecule has 2 aromatic rings. The summed E-state index contributed by atoms with van der Waals surface area (Å²) in [7, 11) is 0. The monoisotopic (exact) mass is 386 g/mol. The minimum Gasteiger partial charge on any atom is -0.203 e. The van der Waals surface area contributed by atoms with Crippen molar-refractivity contribution >= 4 is 0 Å². The standard InChI is InChI=1S/C24H32F2N2/c1-3-5-6-17-7-9-18(10-8-17)11-12-19-13-15-21(24(26)23(19)25)22-16-14-20(4-2)27-28-22/h13-18H,3-12H2,1-2H3/t17-,18-. The Bertz CT molecular complexity index is 750. The van der Waals surface area contributed by atoms with Crippen LogP contribution < -0.4 is 0 Å². The number of hydrogen-bond acceptors (Lipinski definition) is 2. The minimum atomic E-state index is -0.806. The predicted molar refractivity (Wildman–Crippen MR) is 110 cm³/mol. The molecule has 0 saturated heterocycles. The first kappa shape index (κ1) is 20.9. The maximum Gasteiger partial charge on any atom is 0.168 e. The topological polar surface area (TPSA) is 25.8 Å². The summed E-state index contributed by atoms with van der Waals surface area (Å²) < 4.78 is 29.2. The van der Waals surface area contributed by atoms with Crippen LogP contribution in [-0.4, -0.2) is 10.2 Å². The number of rotatable bonds is 8. The third-order valence-corrected chi connectivity index (χ3v) is 6.27. The van der Waals surface area contributed by atoms with E-state index in [-0.39, 0.29) is 5.56 Å². The van der Waals surface area contributed by atoms with Gasteiger partial charge in [0.1, 0.15) is 0 Å². The van der Waals surface area contributed by atoms with Crippen LogP contribution in [0.1, 0.15) is 76.5 Å². The quantitative estimate of drug-likeness (QED) is 0.492. The van der Waals surface area contributed by atoms with E-state index in [4.69, 9.17) is 0 Å². The number of hydrogen-bond donors (Lipinski definition) is 0. The highest BCUT2D eigenvalue weighted by Crippen LogP contribution is 2.34. The van der Waals surface area contributed by atoms with Crippen LogP contribution >= 0.6 is 0 Å². The van der Waals surface area contributed by atoms with Gasteiger partial charge in [0, 0.05) is 5.56 Å². The minimum absolute atomic E-state index is 0.188. The van der Waals surface area contributed by atoms with Gasteiger partial charge < -0.3 is 0 Å². The summed E-state index contributed by atoms with van der Waals surface area (Å²) in [6.45, 7) is 4.23. The molecule has 4 heteroatoms. The van der Waals surface area contributed by atoms with Gasteiger partial charge in [-0.25, -0.2) is 8.78 Å². The van der Waals surface area contributed by atoms with E-state index < -0.39 is 11.6 Å². The molecule has 0 bridgehead atoms. The first-order valence-corrected chi connectivity index (χ1v) is 10.9. The fourth-order valence-electron chi connectivity index (χ4n) is 4.33. The molecule has 1 aromatic carbocycles. The molecule has 1 fully saturated rings. The number of aryl methyl sites for hydroxylation is 2. The van der Waals surface area contributed by atoms with Gasteiger partial charge in [-0.1, -0.05) is 64.9 Å². The van der Waals surface area contributed by atoms with Crippen molar-refractivity contribution < 1.29 is 8.78 Å². The molecule has 0 radical (unpaired) electrons. The van der Waals surface area contributed by atoms with Gasteiger partial charge in [0.25, 0.3) is 0 Å². The van der Waals surface area contributed by atoms with Crippen LogP contribution in [0.4, 0.5) is 8.78 Å². The fourth-order valence-corrected chi connectivity index (χ4v) is 4.33. The van der Waals surface area contributed by atoms with E-state index in [1.165, 1.54) is 44.9 Å². The van der Waals surface area contributed by atoms with Gasteiger partial charge in [-0.3, -0.25) is 0 Å². The molecular formula is C24H32F2N2. The zero-order chi connectivity index (χ0) is 19.9. The molecule has 2 nitrogen and oxygen atoms in total. The SMILES string of the molecule is CCCC[C@H]1CC[C@H](CCc2ccc(-c3ccc(CC)nn3)c(F)c2F)CC1. The van der Waals surface area contributed by atoms with E-state index in [0.717, 1.165) is 24.5 Å². The zero-order valence-electron chi connectivity index (χ0n) is 17.2. The van der Waals surface area contributed by atoms with Gasteiger partial charge in [0.2, 0.25) is 0 Å². The first-order valence-electron chi connectivity index (χ1n) is 10.9. The van der Waals surface area contributed by atoms with Crippen molar-refractivity contribution in [2.24, 2.45) is 11.8 Å². The lowest BCUT2D eigenvalue weighted by Gasteiger charge is -2.28. The Kier molecular flexibility index (Phi) is 7.52. The molecule has 0 N–H and O–H groups in total. The normalized spacial score (nSPS) is 19.7. The number of nitrogens with zero attached hydrogens (tertiary/aromatic N) is 2. The summed E-state index contributed by atoms with van der Waals surface area (Å²) in [4.78, 5) is 0. The molecule has 1 saturated carbocycles. The van der Waals surface area contributed by atoms with Crippen molar-refractivity contribution in [1.82, 2.24) is 10.2 Å². The number of unbranched alkanes of at least 4 members (excludes halogenated alkanes) is 1. The molecule has 1 aliphatic rings. The van der Waals surface area contributed by atoms with E-state index in [9.17, 15) is 8.78 Å². The third-order valence-electron chi connectivity index (χ3n) is 6.27. The van der Waals surface area contributed by atoms with Gasteiger partial charge in [0.15, 0.2) is 11.6 Å². The fraction of sp³-hybridized carbons (Fsp3) is 0.583. The van der Waals surface area contributed by atoms with Crippen LogP contribution in [-0.2, 0) is 12.8 Å². The highest BCUT2D eigenvalue weighted by molar-refractivity contribution is 5.60. The van der Waals surface area contributed by atoms with E-state index >= 15 is 0 Å². The molecule has 0 atom stereocenters. The first-order chi connectivity index (χ1) is 13.6. The van der Waals surface area contributed by atoms with Crippen molar-refractivity contribution in [3.05, 3.63) is 47.2 Å². The number of benzene rings is 1. The Balaban J connectivity index is 1.59. The Morgan fingerprint density at radius 2 is 1.57 bits per heavy atom. The number of halogens is 2. The van der Waals surface area contributed by atoms with Crippen LogP contribution in [0.15, 0.2) is 24.3 Å². The molecule has 1 heterocycles. The highest BCUT2D eigenvalue weighted by Gasteiger charge is 2.22. The third kappa shape index (κ3) is 5.15. The summed E-state index contributed by atoms with van der Waals surface area (Å²) in [5.41, 5.74) is 1.89. The maximum absolute atomic E-state index is 14.6. The van der Waals surface area contributed by atoms with Crippen LogP contribution in [0.25, 0.3) is 11.3 Å². The molecule has 0 amide bonds. The second kappa shape index (κ2) is 10.1. The Morgan fingerprint density at radius 3 is 2.18 bits per heavy atom. The summed E-state index contributed by atoms with van der Waals surface area (Å²) in [5, 5.41) is 8.09. The molecule has 3 rings (SSSR count). The van der Waals surface area contributed by atoms with Crippen molar-refractivity contribution in [1.29, 1.82) is 0 Å². The lowest BCUT2D eigenvalue weighted by Crippen LogP contribution is -2.15. The Hall–Kier alpha value is -1.84. The molecule has 0 aliphatic heterocycles. The average molecular weight is 387 g/mol. The summed E-state index contributed by atoms with van der Waals surface area (Å²) >= 11 is 0. The molecule has 28 heavy (non-hydrogen) atoms. The Labute approximate surface area is 167 Å². The molecule has 152 valence electrons. The van der Waals surface area contributed by atoms with Gasteiger partial charge in [-0.05, 0) is 54.9 Å². The lowest BCUT2D eigenvalue weighted by atomic mass is 9.78. The van der Waals surface area contributed by atoms with E-state index in [1.54, 1.807) is 18.2 Å². The van der Waals surface area contributed by atoms with Crippen molar-refractivity contribution in [2.45, 2.75) is 78.1 Å². The van der Waals surface area contributed by atoms with Gasteiger partial charge in [0.05, 0.1) is 11.4 Å². The van der Waals surface area contributed by atoms with Crippen LogP contribution in [0.5, 0.6) is 0 Å². The van der Waals surface area contributed by atoms with Crippen LogP contribution in [0.3, 0.4) is 0 Å². The molecule has 1 aromatic heterocycles. The summed E-state index contributed by atoms with van der Waals surface area (Å²) in [5.74, 6) is -0.00726. The zero-order valence-corrected chi connectivity index (χ0v) is 17.2. The van der Waals surface area contributed by atoms with Gasteiger partial charge in [-0.15, -0.1) is 0 Å². The number of aromatic nitrogens is 2. The van der Waals surface area contributed by atoms with Crippen molar-refractivity contribution in [3.8, 4) is 11.3 Å². The smallest absolute Gasteiger partial charge is 0.168 e. The molecule has 0 spiro atoms. The highest BCUT2D eigenvalue weighted by atomic mass is 19.2. The van der Waals surface area contributed by atoms with Crippen molar-refractivity contribution in [2.75, 3.05) is 0 Å². The van der Waals surface area contributed by atoms with Gasteiger partial charge in [-0.2, -0.15) is 10.2 Å². The van der Waals surface area contributed by atoms with Gasteiger partial charge >= 0.3 is 0 Å². The maximum atomic E-state index is 14.6. The molecule has 1 aliphatic carbocycles. The second-order valence-corrected chi connectivity index (χ2v) is 8.23. The lowest BCUT2D eigenvalue weighted by molar-refractivity contribution is 0.249. The average Bonchev–Trinajstić information content (AvgIpc) is 2.74. The van der Waals surface area contributed by atoms with Crippen LogP contribution in [0, 0.1) is 23.5 Å². The molecule has 0 unspecified atom stereocenters.